The lowest BCUT2D eigenvalue weighted by atomic mass is 10.1. The van der Waals surface area contributed by atoms with Crippen molar-refractivity contribution in [3.05, 3.63) is 29.8 Å². The van der Waals surface area contributed by atoms with Crippen LogP contribution in [0.1, 0.15) is 25.3 Å². The van der Waals surface area contributed by atoms with Crippen molar-refractivity contribution < 1.29 is 27.9 Å². The Morgan fingerprint density at radius 3 is 2.50 bits per heavy atom. The molecule has 1 unspecified atom stereocenters. The summed E-state index contributed by atoms with van der Waals surface area (Å²) in [5.74, 6) is -2.02. The molecular weight excluding hydrogens is 301 g/mol. The number of halogens is 3. The Hall–Kier alpha value is -2.09. The molecule has 1 aromatic rings. The summed E-state index contributed by atoms with van der Waals surface area (Å²) in [5, 5.41) is 13.3. The Bertz CT molecular complexity index is 532. The first kappa shape index (κ1) is 18.0. The number of carbonyl (C=O) groups excluding carboxylic acids is 2. The minimum Gasteiger partial charge on any atom is -0.396 e. The highest BCUT2D eigenvalue weighted by molar-refractivity contribution is 6.39. The summed E-state index contributed by atoms with van der Waals surface area (Å²) in [4.78, 5) is 23.3. The fourth-order valence-corrected chi connectivity index (χ4v) is 1.75. The molecule has 1 aromatic carbocycles. The normalized spacial score (nSPS) is 12.6. The topological polar surface area (TPSA) is 78.4 Å². The van der Waals surface area contributed by atoms with E-state index < -0.39 is 23.6 Å². The van der Waals surface area contributed by atoms with E-state index in [1.165, 1.54) is 6.07 Å². The molecule has 5 nitrogen and oxygen atoms in total. The Kier molecular flexibility index (Phi) is 6.36. The zero-order valence-corrected chi connectivity index (χ0v) is 11.9. The predicted octanol–water partition coefficient (Wildman–Crippen LogP) is 1.92. The van der Waals surface area contributed by atoms with Gasteiger partial charge in [-0.15, -0.1) is 0 Å². The van der Waals surface area contributed by atoms with Crippen molar-refractivity contribution in [2.45, 2.75) is 32.0 Å². The van der Waals surface area contributed by atoms with Crippen LogP contribution in [0.25, 0.3) is 0 Å². The summed E-state index contributed by atoms with van der Waals surface area (Å²) in [6.07, 6.45) is -3.72. The Labute approximate surface area is 125 Å². The number of carbonyl (C=O) groups is 2. The molecule has 122 valence electrons. The van der Waals surface area contributed by atoms with Crippen LogP contribution >= 0.6 is 0 Å². The molecule has 3 N–H and O–H groups in total. The van der Waals surface area contributed by atoms with Gasteiger partial charge < -0.3 is 15.7 Å². The molecule has 0 fully saturated rings. The highest BCUT2D eigenvalue weighted by Gasteiger charge is 2.30. The summed E-state index contributed by atoms with van der Waals surface area (Å²) < 4.78 is 37.7. The van der Waals surface area contributed by atoms with Crippen molar-refractivity contribution in [1.29, 1.82) is 0 Å². The van der Waals surface area contributed by atoms with E-state index in [1.54, 1.807) is 6.92 Å². The molecule has 0 aliphatic carbocycles. The average molecular weight is 318 g/mol. The van der Waals surface area contributed by atoms with Gasteiger partial charge in [-0.05, 0) is 31.0 Å². The van der Waals surface area contributed by atoms with Gasteiger partial charge in [0, 0.05) is 18.3 Å². The third-order valence-corrected chi connectivity index (χ3v) is 2.96. The lowest BCUT2D eigenvalue weighted by Crippen LogP contribution is -2.42. The Morgan fingerprint density at radius 2 is 1.95 bits per heavy atom. The van der Waals surface area contributed by atoms with Crippen LogP contribution in [0, 0.1) is 0 Å². The molecule has 22 heavy (non-hydrogen) atoms. The van der Waals surface area contributed by atoms with Gasteiger partial charge in [-0.25, -0.2) is 0 Å². The maximum Gasteiger partial charge on any atom is 0.416 e. The SMILES string of the molecule is CCC(CCO)NC(=O)C(=O)Nc1cccc(C(F)(F)F)c1. The average Bonchev–Trinajstić information content (AvgIpc) is 2.46. The Morgan fingerprint density at radius 1 is 1.27 bits per heavy atom. The molecule has 0 radical (unpaired) electrons. The van der Waals surface area contributed by atoms with Crippen molar-refractivity contribution in [2.75, 3.05) is 11.9 Å². The third-order valence-electron chi connectivity index (χ3n) is 2.96. The maximum atomic E-state index is 12.6. The van der Waals surface area contributed by atoms with E-state index in [1.807, 2.05) is 0 Å². The minimum absolute atomic E-state index is 0.120. The minimum atomic E-state index is -4.53. The van der Waals surface area contributed by atoms with Gasteiger partial charge in [0.05, 0.1) is 5.56 Å². The van der Waals surface area contributed by atoms with Crippen molar-refractivity contribution in [3.8, 4) is 0 Å². The van der Waals surface area contributed by atoms with Crippen LogP contribution < -0.4 is 10.6 Å². The van der Waals surface area contributed by atoms with Crippen LogP contribution in [-0.4, -0.2) is 29.6 Å². The molecule has 2 amide bonds. The smallest absolute Gasteiger partial charge is 0.396 e. The van der Waals surface area contributed by atoms with Gasteiger partial charge in [0.2, 0.25) is 0 Å². The largest absolute Gasteiger partial charge is 0.416 e. The van der Waals surface area contributed by atoms with Gasteiger partial charge >= 0.3 is 18.0 Å². The van der Waals surface area contributed by atoms with Gasteiger partial charge in [0.15, 0.2) is 0 Å². The summed E-state index contributed by atoms with van der Waals surface area (Å²) in [6.45, 7) is 1.62. The first-order chi connectivity index (χ1) is 10.3. The molecule has 0 spiro atoms. The number of nitrogens with one attached hydrogen (secondary N) is 2. The van der Waals surface area contributed by atoms with Crippen LogP contribution in [-0.2, 0) is 15.8 Å². The van der Waals surface area contributed by atoms with Crippen molar-refractivity contribution in [2.24, 2.45) is 0 Å². The van der Waals surface area contributed by atoms with Crippen LogP contribution in [0.2, 0.25) is 0 Å². The summed E-state index contributed by atoms with van der Waals surface area (Å²) >= 11 is 0. The highest BCUT2D eigenvalue weighted by atomic mass is 19.4. The van der Waals surface area contributed by atoms with Gasteiger partial charge in [0.25, 0.3) is 0 Å². The van der Waals surface area contributed by atoms with Gasteiger partial charge in [0.1, 0.15) is 0 Å². The fourth-order valence-electron chi connectivity index (χ4n) is 1.75. The van der Waals surface area contributed by atoms with Gasteiger partial charge in [-0.1, -0.05) is 13.0 Å². The molecule has 0 saturated carbocycles. The van der Waals surface area contributed by atoms with E-state index in [9.17, 15) is 22.8 Å². The van der Waals surface area contributed by atoms with E-state index in [0.29, 0.717) is 12.8 Å². The highest BCUT2D eigenvalue weighted by Crippen LogP contribution is 2.30. The monoisotopic (exact) mass is 318 g/mol. The Balaban J connectivity index is 2.70. The number of aliphatic hydroxyl groups is 1. The standard InChI is InChI=1S/C14H17F3N2O3/c1-2-10(6-7-20)18-12(21)13(22)19-11-5-3-4-9(8-11)14(15,16)17/h3-5,8,10,20H,2,6-7H2,1H3,(H,18,21)(H,19,22). The molecule has 0 heterocycles. The van der Waals surface area contributed by atoms with Crippen LogP contribution in [0.5, 0.6) is 0 Å². The second-order valence-corrected chi connectivity index (χ2v) is 4.62. The number of rotatable bonds is 5. The van der Waals surface area contributed by atoms with Crippen LogP contribution in [0.15, 0.2) is 24.3 Å². The number of anilines is 1. The van der Waals surface area contributed by atoms with E-state index in [4.69, 9.17) is 5.11 Å². The molecule has 0 aliphatic rings. The lowest BCUT2D eigenvalue weighted by molar-refractivity contribution is -0.137. The molecule has 1 rings (SSSR count). The summed E-state index contributed by atoms with van der Waals surface area (Å²) in [7, 11) is 0. The zero-order valence-electron chi connectivity index (χ0n) is 11.9. The van der Waals surface area contributed by atoms with Crippen molar-refractivity contribution in [1.82, 2.24) is 5.32 Å². The molecule has 0 bridgehead atoms. The second kappa shape index (κ2) is 7.79. The van der Waals surface area contributed by atoms with Crippen LogP contribution in [0.3, 0.4) is 0 Å². The number of amides is 2. The molecule has 8 heteroatoms. The molecule has 0 saturated heterocycles. The molecule has 0 aliphatic heterocycles. The maximum absolute atomic E-state index is 12.6. The van der Waals surface area contributed by atoms with E-state index >= 15 is 0 Å². The van der Waals surface area contributed by atoms with Crippen molar-refractivity contribution >= 4 is 17.5 Å². The van der Waals surface area contributed by atoms with Gasteiger partial charge in [-0.2, -0.15) is 13.2 Å². The third kappa shape index (κ3) is 5.36. The lowest BCUT2D eigenvalue weighted by Gasteiger charge is -2.15. The van der Waals surface area contributed by atoms with E-state index in [2.05, 4.69) is 10.6 Å². The predicted molar refractivity (Wildman–Crippen MR) is 74.0 cm³/mol. The zero-order chi connectivity index (χ0) is 16.8. The number of hydrogen-bond donors (Lipinski definition) is 3. The molecule has 0 aromatic heterocycles. The van der Waals surface area contributed by atoms with Gasteiger partial charge in [-0.3, -0.25) is 9.59 Å². The quantitative estimate of drug-likeness (QED) is 0.726. The summed E-state index contributed by atoms with van der Waals surface area (Å²) in [5.41, 5.74) is -1.04. The summed E-state index contributed by atoms with van der Waals surface area (Å²) in [6, 6.07) is 3.63. The van der Waals surface area contributed by atoms with E-state index in [-0.39, 0.29) is 18.3 Å². The second-order valence-electron chi connectivity index (χ2n) is 4.62. The van der Waals surface area contributed by atoms with E-state index in [0.717, 1.165) is 18.2 Å². The van der Waals surface area contributed by atoms with Crippen molar-refractivity contribution in [3.63, 3.8) is 0 Å². The first-order valence-corrected chi connectivity index (χ1v) is 6.68. The van der Waals surface area contributed by atoms with Crippen LogP contribution in [0.4, 0.5) is 18.9 Å². The number of aliphatic hydroxyl groups excluding tert-OH is 1. The molecular formula is C14H17F3N2O3. The first-order valence-electron chi connectivity index (χ1n) is 6.68. The number of alkyl halides is 3. The molecule has 1 atom stereocenters. The number of hydrogen-bond acceptors (Lipinski definition) is 3. The fraction of sp³-hybridized carbons (Fsp3) is 0.429. The number of benzene rings is 1.